The van der Waals surface area contributed by atoms with Crippen LogP contribution in [0.15, 0.2) is 67.0 Å². The van der Waals surface area contributed by atoms with E-state index in [-0.39, 0.29) is 11.7 Å². The van der Waals surface area contributed by atoms with E-state index < -0.39 is 0 Å². The lowest BCUT2D eigenvalue weighted by Gasteiger charge is -2.05. The topological polar surface area (TPSA) is 75.1 Å². The van der Waals surface area contributed by atoms with Gasteiger partial charge in [-0.15, -0.1) is 0 Å². The summed E-state index contributed by atoms with van der Waals surface area (Å²) < 4.78 is 0. The minimum Gasteiger partial charge on any atom is -0.508 e. The lowest BCUT2D eigenvalue weighted by Crippen LogP contribution is -2.15. The Morgan fingerprint density at radius 2 is 1.70 bits per heavy atom. The van der Waals surface area contributed by atoms with E-state index >= 15 is 0 Å². The highest BCUT2D eigenvalue weighted by molar-refractivity contribution is 5.91. The van der Waals surface area contributed by atoms with Crippen molar-refractivity contribution < 1.29 is 9.90 Å². The first-order chi connectivity index (χ1) is 11.2. The first kappa shape index (κ1) is 14.7. The average molecular weight is 305 g/mol. The molecule has 2 N–H and O–H groups in total. The third kappa shape index (κ3) is 3.91. The number of phenolic OH excluding ortho intramolecular Hbond substituents is 1. The van der Waals surface area contributed by atoms with Gasteiger partial charge in [0, 0.05) is 5.56 Å². The average Bonchev–Trinajstić information content (AvgIpc) is 2.57. The number of nitrogens with zero attached hydrogens (tertiary/aromatic N) is 2. The van der Waals surface area contributed by atoms with Crippen LogP contribution in [0.4, 0.5) is 5.82 Å². The SMILES string of the molecule is O=C(Cc1ccccc1)Nc1cnc(-c2ccc(O)cc2)cn1. The molecule has 0 radical (unpaired) electrons. The van der Waals surface area contributed by atoms with Crippen molar-refractivity contribution in [2.45, 2.75) is 6.42 Å². The van der Waals surface area contributed by atoms with Crippen LogP contribution < -0.4 is 5.32 Å². The fraction of sp³-hybridized carbons (Fsp3) is 0.0556. The van der Waals surface area contributed by atoms with Gasteiger partial charge in [0.1, 0.15) is 5.75 Å². The molecule has 5 nitrogen and oxygen atoms in total. The van der Waals surface area contributed by atoms with Crippen LogP contribution >= 0.6 is 0 Å². The third-order valence-corrected chi connectivity index (χ3v) is 3.29. The highest BCUT2D eigenvalue weighted by Crippen LogP contribution is 2.19. The van der Waals surface area contributed by atoms with Gasteiger partial charge in [-0.3, -0.25) is 9.78 Å². The number of benzene rings is 2. The Morgan fingerprint density at radius 3 is 2.35 bits per heavy atom. The minimum absolute atomic E-state index is 0.136. The van der Waals surface area contributed by atoms with E-state index in [0.717, 1.165) is 11.1 Å². The molecular weight excluding hydrogens is 290 g/mol. The molecule has 3 rings (SSSR count). The van der Waals surface area contributed by atoms with E-state index in [2.05, 4.69) is 15.3 Å². The van der Waals surface area contributed by atoms with Crippen molar-refractivity contribution >= 4 is 11.7 Å². The Labute approximate surface area is 133 Å². The minimum atomic E-state index is -0.136. The molecule has 0 bridgehead atoms. The summed E-state index contributed by atoms with van der Waals surface area (Å²) in [5, 5.41) is 12.0. The van der Waals surface area contributed by atoms with Crippen molar-refractivity contribution in [3.8, 4) is 17.0 Å². The standard InChI is InChI=1S/C18H15N3O2/c22-15-8-6-14(7-9-15)16-11-20-17(12-19-16)21-18(23)10-13-4-2-1-3-5-13/h1-9,11-12,22H,10H2,(H,20,21,23). The quantitative estimate of drug-likeness (QED) is 0.777. The molecule has 5 heteroatoms. The van der Waals surface area contributed by atoms with Crippen molar-refractivity contribution in [2.24, 2.45) is 0 Å². The summed E-state index contributed by atoms with van der Waals surface area (Å²) in [7, 11) is 0. The van der Waals surface area contributed by atoms with Crippen molar-refractivity contribution in [1.29, 1.82) is 0 Å². The molecule has 0 aliphatic heterocycles. The van der Waals surface area contributed by atoms with Gasteiger partial charge in [-0.05, 0) is 29.8 Å². The number of hydrogen-bond acceptors (Lipinski definition) is 4. The highest BCUT2D eigenvalue weighted by Gasteiger charge is 2.06. The predicted octanol–water partition coefficient (Wildman–Crippen LogP) is 3.03. The second-order valence-corrected chi connectivity index (χ2v) is 5.04. The molecule has 2 aromatic carbocycles. The molecule has 0 aliphatic rings. The summed E-state index contributed by atoms with van der Waals surface area (Å²) in [6.45, 7) is 0. The Balaban J connectivity index is 1.65. The van der Waals surface area contributed by atoms with E-state index in [1.165, 1.54) is 6.20 Å². The third-order valence-electron chi connectivity index (χ3n) is 3.29. The Bertz CT molecular complexity index is 785. The maximum Gasteiger partial charge on any atom is 0.229 e. The molecule has 0 saturated heterocycles. The van der Waals surface area contributed by atoms with E-state index in [4.69, 9.17) is 0 Å². The van der Waals surface area contributed by atoms with Crippen LogP contribution in [0.5, 0.6) is 5.75 Å². The first-order valence-corrected chi connectivity index (χ1v) is 7.16. The van der Waals surface area contributed by atoms with Crippen LogP contribution in [0.25, 0.3) is 11.3 Å². The second kappa shape index (κ2) is 6.70. The smallest absolute Gasteiger partial charge is 0.229 e. The Hall–Kier alpha value is -3.21. The van der Waals surface area contributed by atoms with Gasteiger partial charge in [-0.1, -0.05) is 30.3 Å². The summed E-state index contributed by atoms with van der Waals surface area (Å²) in [6, 6.07) is 16.2. The summed E-state index contributed by atoms with van der Waals surface area (Å²) in [5.74, 6) is 0.475. The predicted molar refractivity (Wildman–Crippen MR) is 87.9 cm³/mol. The summed E-state index contributed by atoms with van der Waals surface area (Å²) >= 11 is 0. The van der Waals surface area contributed by atoms with Crippen molar-refractivity contribution in [2.75, 3.05) is 5.32 Å². The number of aromatic hydroxyl groups is 1. The second-order valence-electron chi connectivity index (χ2n) is 5.04. The Kier molecular flexibility index (Phi) is 4.29. The molecular formula is C18H15N3O2. The van der Waals surface area contributed by atoms with Gasteiger partial charge in [0.05, 0.1) is 24.5 Å². The molecule has 0 fully saturated rings. The fourth-order valence-electron chi connectivity index (χ4n) is 2.14. The van der Waals surface area contributed by atoms with E-state index in [1.54, 1.807) is 30.5 Å². The van der Waals surface area contributed by atoms with Crippen LogP contribution in [-0.4, -0.2) is 21.0 Å². The number of carbonyl (C=O) groups is 1. The number of aromatic nitrogens is 2. The molecule has 0 aliphatic carbocycles. The van der Waals surface area contributed by atoms with Gasteiger partial charge in [0.15, 0.2) is 5.82 Å². The monoisotopic (exact) mass is 305 g/mol. The van der Waals surface area contributed by atoms with Crippen molar-refractivity contribution in [3.05, 3.63) is 72.6 Å². The van der Waals surface area contributed by atoms with Gasteiger partial charge in [0.2, 0.25) is 5.91 Å². The maximum absolute atomic E-state index is 12.0. The molecule has 3 aromatic rings. The molecule has 0 spiro atoms. The van der Waals surface area contributed by atoms with Crippen LogP contribution in [0.1, 0.15) is 5.56 Å². The lowest BCUT2D eigenvalue weighted by molar-refractivity contribution is -0.115. The number of phenols is 1. The molecule has 0 saturated carbocycles. The lowest BCUT2D eigenvalue weighted by atomic mass is 10.1. The zero-order chi connectivity index (χ0) is 16.1. The van der Waals surface area contributed by atoms with Crippen LogP contribution in [0.3, 0.4) is 0 Å². The largest absolute Gasteiger partial charge is 0.508 e. The van der Waals surface area contributed by atoms with Crippen molar-refractivity contribution in [1.82, 2.24) is 9.97 Å². The van der Waals surface area contributed by atoms with Gasteiger partial charge in [0.25, 0.3) is 0 Å². The molecule has 0 unspecified atom stereocenters. The summed E-state index contributed by atoms with van der Waals surface area (Å²) in [4.78, 5) is 20.4. The Morgan fingerprint density at radius 1 is 0.957 bits per heavy atom. The highest BCUT2D eigenvalue weighted by atomic mass is 16.3. The number of carbonyl (C=O) groups excluding carboxylic acids is 1. The number of rotatable bonds is 4. The maximum atomic E-state index is 12.0. The van der Waals surface area contributed by atoms with E-state index in [0.29, 0.717) is 17.9 Å². The summed E-state index contributed by atoms with van der Waals surface area (Å²) in [6.07, 6.45) is 3.40. The van der Waals surface area contributed by atoms with Gasteiger partial charge >= 0.3 is 0 Å². The van der Waals surface area contributed by atoms with Crippen LogP contribution in [0.2, 0.25) is 0 Å². The molecule has 0 atom stereocenters. The number of anilines is 1. The number of nitrogens with one attached hydrogen (secondary N) is 1. The van der Waals surface area contributed by atoms with E-state index in [1.807, 2.05) is 30.3 Å². The molecule has 23 heavy (non-hydrogen) atoms. The molecule has 1 aromatic heterocycles. The fourth-order valence-corrected chi connectivity index (χ4v) is 2.14. The van der Waals surface area contributed by atoms with E-state index in [9.17, 15) is 9.90 Å². The summed E-state index contributed by atoms with van der Waals surface area (Å²) in [5.41, 5.74) is 2.46. The molecule has 114 valence electrons. The van der Waals surface area contributed by atoms with Crippen LogP contribution in [-0.2, 0) is 11.2 Å². The molecule has 1 heterocycles. The van der Waals surface area contributed by atoms with Gasteiger partial charge in [-0.2, -0.15) is 0 Å². The number of amides is 1. The zero-order valence-electron chi connectivity index (χ0n) is 12.3. The number of hydrogen-bond donors (Lipinski definition) is 2. The zero-order valence-corrected chi connectivity index (χ0v) is 12.3. The van der Waals surface area contributed by atoms with Gasteiger partial charge in [-0.25, -0.2) is 4.98 Å². The van der Waals surface area contributed by atoms with Crippen LogP contribution in [0, 0.1) is 0 Å². The first-order valence-electron chi connectivity index (χ1n) is 7.16. The molecule has 1 amide bonds. The van der Waals surface area contributed by atoms with Crippen molar-refractivity contribution in [3.63, 3.8) is 0 Å². The normalized spacial score (nSPS) is 10.3. The van der Waals surface area contributed by atoms with Gasteiger partial charge < -0.3 is 10.4 Å².